The summed E-state index contributed by atoms with van der Waals surface area (Å²) in [6.07, 6.45) is 0.395. The summed E-state index contributed by atoms with van der Waals surface area (Å²) in [6.45, 7) is 2.61. The van der Waals surface area contributed by atoms with Crippen LogP contribution < -0.4 is 0 Å². The molecule has 1 saturated carbocycles. The van der Waals surface area contributed by atoms with E-state index in [1.165, 1.54) is 22.9 Å². The first-order valence-electron chi connectivity index (χ1n) is 7.87. The van der Waals surface area contributed by atoms with Gasteiger partial charge in [-0.3, -0.25) is 4.79 Å². The lowest BCUT2D eigenvalue weighted by atomic mass is 10.1. The van der Waals surface area contributed by atoms with Crippen LogP contribution in [-0.2, 0) is 19.6 Å². The van der Waals surface area contributed by atoms with E-state index in [9.17, 15) is 18.0 Å². The maximum Gasteiger partial charge on any atom is 0.338 e. The first-order valence-corrected chi connectivity index (χ1v) is 10.9. The van der Waals surface area contributed by atoms with Crippen LogP contribution >= 0.6 is 34.5 Å². The lowest BCUT2D eigenvalue weighted by Crippen LogP contribution is -2.52. The molecule has 1 saturated heterocycles. The maximum atomic E-state index is 12.7. The van der Waals surface area contributed by atoms with Crippen LogP contribution in [0.15, 0.2) is 15.7 Å². The molecule has 11 heteroatoms. The molecule has 1 atom stereocenters. The van der Waals surface area contributed by atoms with E-state index in [2.05, 4.69) is 4.74 Å². The third kappa shape index (κ3) is 3.24. The molecule has 0 aromatic carbocycles. The summed E-state index contributed by atoms with van der Waals surface area (Å²) in [5.74, 6) is -0.731. The minimum atomic E-state index is -3.72. The molecule has 0 bridgehead atoms. The highest BCUT2D eigenvalue weighted by atomic mass is 35.5. The number of ether oxygens (including phenoxy) is 1. The van der Waals surface area contributed by atoms with Gasteiger partial charge in [-0.15, -0.1) is 34.5 Å². The molecule has 2 fully saturated rings. The lowest BCUT2D eigenvalue weighted by molar-refractivity contribution is -0.137. The molecule has 2 aliphatic rings. The summed E-state index contributed by atoms with van der Waals surface area (Å²) in [5, 5.41) is 1.45. The van der Waals surface area contributed by atoms with E-state index in [0.29, 0.717) is 6.42 Å². The molecular weight excluding hydrogens is 423 g/mol. The Labute approximate surface area is 165 Å². The van der Waals surface area contributed by atoms with Crippen LogP contribution in [-0.4, -0.2) is 67.1 Å². The molecule has 1 aromatic heterocycles. The van der Waals surface area contributed by atoms with Crippen molar-refractivity contribution in [3.05, 3.63) is 17.0 Å². The number of alkyl halides is 2. The number of hydrogen-bond donors (Lipinski definition) is 0. The summed E-state index contributed by atoms with van der Waals surface area (Å²) in [5.41, 5.74) is -0.604. The van der Waals surface area contributed by atoms with Crippen LogP contribution in [0.4, 0.5) is 0 Å². The van der Waals surface area contributed by atoms with Gasteiger partial charge in [-0.25, -0.2) is 13.2 Å². The number of carbonyl (C=O) groups is 2. The summed E-state index contributed by atoms with van der Waals surface area (Å²) in [6, 6.07) is 1.31. The second kappa shape index (κ2) is 6.63. The van der Waals surface area contributed by atoms with Crippen molar-refractivity contribution in [1.82, 2.24) is 9.21 Å². The van der Waals surface area contributed by atoms with Gasteiger partial charge in [-0.05, 0) is 19.4 Å². The zero-order valence-corrected chi connectivity index (χ0v) is 17.3. The van der Waals surface area contributed by atoms with Gasteiger partial charge in [0.25, 0.3) is 10.0 Å². The molecule has 1 unspecified atom stereocenters. The summed E-state index contributed by atoms with van der Waals surface area (Å²) in [4.78, 5) is 25.7. The third-order valence-corrected chi connectivity index (χ3v) is 9.26. The predicted molar refractivity (Wildman–Crippen MR) is 98.2 cm³/mol. The summed E-state index contributed by atoms with van der Waals surface area (Å²) < 4.78 is 30.4. The smallest absolute Gasteiger partial charge is 0.338 e. The van der Waals surface area contributed by atoms with Gasteiger partial charge in [0.2, 0.25) is 5.91 Å². The van der Waals surface area contributed by atoms with Crippen LogP contribution in [0.5, 0.6) is 0 Å². The van der Waals surface area contributed by atoms with Gasteiger partial charge in [0.1, 0.15) is 8.54 Å². The highest BCUT2D eigenvalue weighted by molar-refractivity contribution is 7.91. The molecule has 1 aromatic rings. The van der Waals surface area contributed by atoms with Crippen molar-refractivity contribution < 1.29 is 22.7 Å². The van der Waals surface area contributed by atoms with Gasteiger partial charge < -0.3 is 9.64 Å². The van der Waals surface area contributed by atoms with E-state index in [-0.39, 0.29) is 41.9 Å². The van der Waals surface area contributed by atoms with Crippen molar-refractivity contribution in [2.45, 2.75) is 21.9 Å². The van der Waals surface area contributed by atoms with Crippen LogP contribution in [0, 0.1) is 5.41 Å². The van der Waals surface area contributed by atoms with Gasteiger partial charge >= 0.3 is 5.97 Å². The second-order valence-electron chi connectivity index (χ2n) is 6.56. The second-order valence-corrected chi connectivity index (χ2v) is 11.1. The summed E-state index contributed by atoms with van der Waals surface area (Å²) in [7, 11) is -2.48. The Balaban J connectivity index is 1.67. The number of nitrogens with zero attached hydrogens (tertiary/aromatic N) is 2. The number of piperazine rings is 1. The molecule has 0 radical (unpaired) electrons. The number of rotatable bonds is 4. The van der Waals surface area contributed by atoms with Crippen LogP contribution in [0.3, 0.4) is 0 Å². The molecule has 1 aliphatic carbocycles. The van der Waals surface area contributed by atoms with Crippen molar-refractivity contribution in [3.8, 4) is 0 Å². The normalized spacial score (nSPS) is 25.8. The predicted octanol–water partition coefficient (Wildman–Crippen LogP) is 1.95. The van der Waals surface area contributed by atoms with Crippen LogP contribution in [0.2, 0.25) is 0 Å². The Morgan fingerprint density at radius 1 is 1.23 bits per heavy atom. The molecule has 26 heavy (non-hydrogen) atoms. The number of halogens is 2. The average molecular weight is 441 g/mol. The Hall–Kier alpha value is -0.870. The highest BCUT2D eigenvalue weighted by Crippen LogP contribution is 2.64. The fourth-order valence-electron chi connectivity index (χ4n) is 2.92. The van der Waals surface area contributed by atoms with Crippen LogP contribution in [0.25, 0.3) is 0 Å². The first kappa shape index (κ1) is 19.9. The molecule has 0 N–H and O–H groups in total. The first-order chi connectivity index (χ1) is 12.0. The highest BCUT2D eigenvalue weighted by Gasteiger charge is 2.68. The summed E-state index contributed by atoms with van der Waals surface area (Å²) >= 11 is 13.1. The van der Waals surface area contributed by atoms with Crippen molar-refractivity contribution in [2.75, 3.05) is 33.3 Å². The van der Waals surface area contributed by atoms with Crippen LogP contribution in [0.1, 0.15) is 23.7 Å². The third-order valence-electron chi connectivity index (χ3n) is 4.85. The van der Waals surface area contributed by atoms with Crippen molar-refractivity contribution in [1.29, 1.82) is 0 Å². The molecule has 3 rings (SSSR count). The van der Waals surface area contributed by atoms with E-state index in [1.807, 2.05) is 0 Å². The van der Waals surface area contributed by atoms with Gasteiger partial charge in [0, 0.05) is 31.6 Å². The van der Waals surface area contributed by atoms with Gasteiger partial charge in [0.15, 0.2) is 0 Å². The van der Waals surface area contributed by atoms with Gasteiger partial charge in [-0.1, -0.05) is 0 Å². The topological polar surface area (TPSA) is 84.0 Å². The zero-order chi connectivity index (χ0) is 19.3. The van der Waals surface area contributed by atoms with Crippen molar-refractivity contribution >= 4 is 56.4 Å². The number of sulfonamides is 1. The van der Waals surface area contributed by atoms with E-state index >= 15 is 0 Å². The lowest BCUT2D eigenvalue weighted by Gasteiger charge is -2.35. The van der Waals surface area contributed by atoms with Crippen molar-refractivity contribution in [2.24, 2.45) is 5.41 Å². The standard InChI is InChI=1S/C15H18Cl2N2O5S2/c1-14(9-15(14,16)17)13(21)18-3-5-19(6-4-18)26(22,23)11-7-10(8-25-11)12(20)24-2/h7-8H,3-6,9H2,1-2H3. The largest absolute Gasteiger partial charge is 0.465 e. The molecule has 7 nitrogen and oxygen atoms in total. The van der Waals surface area contributed by atoms with E-state index in [0.717, 1.165) is 11.3 Å². The molecule has 144 valence electrons. The number of carbonyl (C=O) groups excluding carboxylic acids is 2. The number of amides is 1. The van der Waals surface area contributed by atoms with Gasteiger partial charge in [0.05, 0.1) is 18.1 Å². The fraction of sp³-hybridized carbons (Fsp3) is 0.600. The quantitative estimate of drug-likeness (QED) is 0.527. The SMILES string of the molecule is COC(=O)c1csc(S(=O)(=O)N2CCN(C(=O)C3(C)CC3(Cl)Cl)CC2)c1. The Bertz CT molecular complexity index is 846. The number of methoxy groups -OCH3 is 1. The molecule has 1 amide bonds. The maximum absolute atomic E-state index is 12.7. The molecule has 2 heterocycles. The monoisotopic (exact) mass is 440 g/mol. The van der Waals surface area contributed by atoms with Crippen molar-refractivity contribution in [3.63, 3.8) is 0 Å². The molecule has 1 aliphatic heterocycles. The Morgan fingerprint density at radius 3 is 2.31 bits per heavy atom. The number of thiophene rings is 1. The average Bonchev–Trinajstić information content (AvgIpc) is 2.96. The molecular formula is C15H18Cl2N2O5S2. The minimum absolute atomic E-state index is 0.0763. The fourth-order valence-corrected chi connectivity index (χ4v) is 6.34. The minimum Gasteiger partial charge on any atom is -0.465 e. The zero-order valence-electron chi connectivity index (χ0n) is 14.2. The van der Waals surface area contributed by atoms with E-state index in [1.54, 1.807) is 11.8 Å². The molecule has 0 spiro atoms. The Kier molecular flexibility index (Phi) is 5.07. The Morgan fingerprint density at radius 2 is 1.81 bits per heavy atom. The number of hydrogen-bond acceptors (Lipinski definition) is 6. The number of esters is 1. The van der Waals surface area contributed by atoms with E-state index in [4.69, 9.17) is 23.2 Å². The van der Waals surface area contributed by atoms with Gasteiger partial charge in [-0.2, -0.15) is 4.31 Å². The van der Waals surface area contributed by atoms with E-state index < -0.39 is 25.7 Å².